The summed E-state index contributed by atoms with van der Waals surface area (Å²) in [4.78, 5) is 15.5. The van der Waals surface area contributed by atoms with Gasteiger partial charge < -0.3 is 15.3 Å². The molecule has 0 spiro atoms. The minimum atomic E-state index is -4.26. The van der Waals surface area contributed by atoms with Gasteiger partial charge in [0.1, 0.15) is 16.2 Å². The van der Waals surface area contributed by atoms with E-state index in [9.17, 15) is 26.7 Å². The highest BCUT2D eigenvalue weighted by Gasteiger charge is 2.57. The molecule has 2 unspecified atom stereocenters. The molecule has 2 N–H and O–H groups in total. The Morgan fingerprint density at radius 1 is 1.08 bits per heavy atom. The lowest BCUT2D eigenvalue weighted by Gasteiger charge is -2.44. The Hall–Kier alpha value is -3.18. The van der Waals surface area contributed by atoms with Crippen LogP contribution in [0.3, 0.4) is 0 Å². The van der Waals surface area contributed by atoms with Crippen LogP contribution in [0.2, 0.25) is 0 Å². The van der Waals surface area contributed by atoms with E-state index >= 15 is 0 Å². The Bertz CT molecular complexity index is 1580. The Balaban J connectivity index is 1.42. The molecule has 2 aliphatic heterocycles. The van der Waals surface area contributed by atoms with Crippen LogP contribution >= 0.6 is 0 Å². The third-order valence-electron chi connectivity index (χ3n) is 7.93. The summed E-state index contributed by atoms with van der Waals surface area (Å²) in [6.45, 7) is 0.353. The van der Waals surface area contributed by atoms with Crippen molar-refractivity contribution in [2.45, 2.75) is 42.5 Å². The maximum Gasteiger partial charge on any atom is 0.286 e. The summed E-state index contributed by atoms with van der Waals surface area (Å²) in [7, 11) is -7.63. The van der Waals surface area contributed by atoms with Gasteiger partial charge in [-0.05, 0) is 54.4 Å². The van der Waals surface area contributed by atoms with Crippen molar-refractivity contribution < 1.29 is 26.7 Å². The maximum atomic E-state index is 13.9. The summed E-state index contributed by atoms with van der Waals surface area (Å²) in [6, 6.07) is 13.7. The van der Waals surface area contributed by atoms with Gasteiger partial charge in [-0.15, -0.1) is 4.40 Å². The topological polar surface area (TPSA) is 133 Å². The number of fused-ring (bicyclic) bond motifs is 6. The zero-order chi connectivity index (χ0) is 26.1. The number of sulfonamides is 1. The molecule has 194 valence electrons. The van der Waals surface area contributed by atoms with E-state index in [2.05, 4.69) is 9.71 Å². The van der Waals surface area contributed by atoms with Crippen molar-refractivity contribution in [3.63, 3.8) is 0 Å². The molecule has 0 radical (unpaired) electrons. The number of aliphatic hydroxyl groups excluding tert-OH is 1. The first-order chi connectivity index (χ1) is 17.5. The van der Waals surface area contributed by atoms with E-state index in [0.29, 0.717) is 18.0 Å². The van der Waals surface area contributed by atoms with Crippen LogP contribution < -0.4 is 5.32 Å². The first kappa shape index (κ1) is 24.2. The van der Waals surface area contributed by atoms with E-state index in [-0.39, 0.29) is 51.4 Å². The lowest BCUT2D eigenvalue weighted by Crippen LogP contribution is -2.53. The molecular formula is C26H27N3O6S2. The summed E-state index contributed by atoms with van der Waals surface area (Å²) < 4.78 is 53.7. The number of nitrogens with zero attached hydrogens (tertiary/aromatic N) is 2. The normalized spacial score (nSPS) is 28.0. The minimum Gasteiger partial charge on any atom is -0.511 e. The average molecular weight is 542 g/mol. The van der Waals surface area contributed by atoms with Gasteiger partial charge in [-0.3, -0.25) is 4.79 Å². The second-order valence-electron chi connectivity index (χ2n) is 10.5. The smallest absolute Gasteiger partial charge is 0.286 e. The molecule has 2 fully saturated rings. The third-order valence-corrected chi connectivity index (χ3v) is 10.1. The van der Waals surface area contributed by atoms with Crippen molar-refractivity contribution in [1.29, 1.82) is 0 Å². The van der Waals surface area contributed by atoms with E-state index in [4.69, 9.17) is 0 Å². The van der Waals surface area contributed by atoms with E-state index in [1.807, 2.05) is 30.3 Å². The van der Waals surface area contributed by atoms with Gasteiger partial charge in [-0.2, -0.15) is 8.42 Å². The molecule has 6 rings (SSSR count). The predicted octanol–water partition coefficient (Wildman–Crippen LogP) is 3.01. The fourth-order valence-electron chi connectivity index (χ4n) is 6.53. The standard InChI is InChI=1S/C26H27N3O6S2/c1-36(32,33)14-16-7-10-19-20(11-16)37(34,35)28-25(27-19)22-24(30)21-17-8-9-18(12-17)23(21)29(26(22)31)13-15-5-3-2-4-6-15/h2-7,10-11,17-18,21,23,30H,8-9,12-14H2,1H3,(H,27,28)/t17-,18+,21?,23?/m0/s1. The summed E-state index contributed by atoms with van der Waals surface area (Å²) in [5, 5.41) is 14.3. The Labute approximate surface area is 215 Å². The SMILES string of the molecule is CS(=O)(=O)Cc1ccc2c(c1)S(=O)(=O)N=C(C1=C(O)C3C([C@@H]4CC[C@H]3C4)N(Cc3ccccc3)C1=O)N2. The molecule has 2 aliphatic carbocycles. The lowest BCUT2D eigenvalue weighted by atomic mass is 9.77. The quantitative estimate of drug-likeness (QED) is 0.594. The first-order valence-corrected chi connectivity index (χ1v) is 15.7. The number of nitrogens with one attached hydrogen (secondary N) is 1. The molecule has 1 amide bonds. The molecule has 2 aromatic carbocycles. The molecule has 0 saturated heterocycles. The fourth-order valence-corrected chi connectivity index (χ4v) is 8.49. The molecule has 4 aliphatic rings. The number of hydrogen-bond acceptors (Lipinski definition) is 7. The van der Waals surface area contributed by atoms with Crippen molar-refractivity contribution >= 4 is 37.3 Å². The van der Waals surface area contributed by atoms with Crippen molar-refractivity contribution in [1.82, 2.24) is 4.90 Å². The highest BCUT2D eigenvalue weighted by atomic mass is 32.2. The molecule has 4 atom stereocenters. The second-order valence-corrected chi connectivity index (χ2v) is 14.2. The Morgan fingerprint density at radius 3 is 2.54 bits per heavy atom. The van der Waals surface area contributed by atoms with Gasteiger partial charge in [-0.1, -0.05) is 36.4 Å². The zero-order valence-electron chi connectivity index (χ0n) is 20.2. The Kier molecular flexibility index (Phi) is 5.50. The summed E-state index contributed by atoms with van der Waals surface area (Å²) >= 11 is 0. The lowest BCUT2D eigenvalue weighted by molar-refractivity contribution is -0.134. The van der Waals surface area contributed by atoms with E-state index in [1.54, 1.807) is 4.90 Å². The number of anilines is 1. The fraction of sp³-hybridized carbons (Fsp3) is 0.385. The number of rotatable bonds is 5. The van der Waals surface area contributed by atoms with Crippen LogP contribution in [-0.2, 0) is 37.0 Å². The van der Waals surface area contributed by atoms with Crippen LogP contribution in [0.25, 0.3) is 0 Å². The monoisotopic (exact) mass is 541 g/mol. The number of benzene rings is 2. The van der Waals surface area contributed by atoms with Crippen LogP contribution in [0.5, 0.6) is 0 Å². The van der Waals surface area contributed by atoms with Gasteiger partial charge in [0.25, 0.3) is 15.9 Å². The van der Waals surface area contributed by atoms with E-state index < -0.39 is 25.8 Å². The molecule has 0 aromatic heterocycles. The number of carbonyl (C=O) groups is 1. The number of amides is 1. The summed E-state index contributed by atoms with van der Waals surface area (Å²) in [5.74, 6) is -0.796. The molecule has 9 nitrogen and oxygen atoms in total. The van der Waals surface area contributed by atoms with Gasteiger partial charge in [0.15, 0.2) is 15.7 Å². The van der Waals surface area contributed by atoms with Crippen LogP contribution in [0.1, 0.15) is 30.4 Å². The highest BCUT2D eigenvalue weighted by molar-refractivity contribution is 7.90. The van der Waals surface area contributed by atoms with Gasteiger partial charge in [0.2, 0.25) is 0 Å². The van der Waals surface area contributed by atoms with E-state index in [0.717, 1.165) is 31.1 Å². The number of sulfone groups is 1. The largest absolute Gasteiger partial charge is 0.511 e. The average Bonchev–Trinajstić information content (AvgIpc) is 3.44. The van der Waals surface area contributed by atoms with Crippen molar-refractivity contribution in [3.8, 4) is 0 Å². The van der Waals surface area contributed by atoms with Gasteiger partial charge in [0.05, 0.1) is 11.4 Å². The van der Waals surface area contributed by atoms with Crippen LogP contribution in [-0.4, -0.2) is 50.9 Å². The van der Waals surface area contributed by atoms with Crippen molar-refractivity contribution in [2.75, 3.05) is 11.6 Å². The van der Waals surface area contributed by atoms with Crippen LogP contribution in [0.15, 0.2) is 69.2 Å². The zero-order valence-corrected chi connectivity index (χ0v) is 21.8. The van der Waals surface area contributed by atoms with Gasteiger partial charge in [-0.25, -0.2) is 8.42 Å². The maximum absolute atomic E-state index is 13.9. The molecule has 11 heteroatoms. The molecule has 2 heterocycles. The van der Waals surface area contributed by atoms with Crippen LogP contribution in [0.4, 0.5) is 5.69 Å². The summed E-state index contributed by atoms with van der Waals surface area (Å²) in [5.41, 5.74) is 1.34. The van der Waals surface area contributed by atoms with Gasteiger partial charge >= 0.3 is 0 Å². The first-order valence-electron chi connectivity index (χ1n) is 12.2. The summed E-state index contributed by atoms with van der Waals surface area (Å²) in [6.07, 6.45) is 3.96. The number of aliphatic hydroxyl groups is 1. The molecule has 2 bridgehead atoms. The third kappa shape index (κ3) is 4.14. The second kappa shape index (κ2) is 8.42. The predicted molar refractivity (Wildman–Crippen MR) is 138 cm³/mol. The molecule has 2 saturated carbocycles. The number of amidine groups is 1. The van der Waals surface area contributed by atoms with Crippen LogP contribution in [0, 0.1) is 17.8 Å². The minimum absolute atomic E-state index is 0.0925. The molecular weight excluding hydrogens is 514 g/mol. The highest BCUT2D eigenvalue weighted by Crippen LogP contribution is 2.55. The van der Waals surface area contributed by atoms with E-state index in [1.165, 1.54) is 18.2 Å². The van der Waals surface area contributed by atoms with Gasteiger partial charge in [0, 0.05) is 24.8 Å². The van der Waals surface area contributed by atoms with Crippen molar-refractivity contribution in [2.24, 2.45) is 22.2 Å². The van der Waals surface area contributed by atoms with Crippen molar-refractivity contribution in [3.05, 3.63) is 71.0 Å². The molecule has 37 heavy (non-hydrogen) atoms. The number of hydrogen-bond donors (Lipinski definition) is 2. The Morgan fingerprint density at radius 2 is 1.81 bits per heavy atom. The molecule has 2 aromatic rings. The number of carbonyl (C=O) groups excluding carboxylic acids is 1.